The second-order valence-corrected chi connectivity index (χ2v) is 5.20. The second-order valence-electron chi connectivity index (χ2n) is 5.20. The number of carboxylic acids is 1. The normalized spacial score (nSPS) is 11.1. The van der Waals surface area contributed by atoms with Crippen LogP contribution in [0.25, 0.3) is 0 Å². The topological polar surface area (TPSA) is 78.4 Å². The zero-order valence-corrected chi connectivity index (χ0v) is 11.3. The summed E-state index contributed by atoms with van der Waals surface area (Å²) in [4.78, 5) is 20.6. The molecule has 0 saturated heterocycles. The number of anilines is 2. The third-order valence-electron chi connectivity index (χ3n) is 2.21. The minimum Gasteiger partial charge on any atom is -0.481 e. The van der Waals surface area contributed by atoms with E-state index >= 15 is 0 Å². The minimum absolute atomic E-state index is 0.0781. The molecule has 0 bridgehead atoms. The molecule has 0 fully saturated rings. The summed E-state index contributed by atoms with van der Waals surface area (Å²) in [6.07, 6.45) is 1.56. The van der Waals surface area contributed by atoms with Gasteiger partial charge in [-0.3, -0.25) is 4.79 Å². The molecule has 0 spiro atoms. The van der Waals surface area contributed by atoms with Gasteiger partial charge in [0.25, 0.3) is 0 Å². The van der Waals surface area contributed by atoms with Gasteiger partial charge in [0.2, 0.25) is 0 Å². The molecule has 2 N–H and O–H groups in total. The predicted octanol–water partition coefficient (Wildman–Crippen LogP) is 1.60. The number of rotatable bonds is 5. The number of carbonyl (C=O) groups is 1. The van der Waals surface area contributed by atoms with Crippen molar-refractivity contribution in [2.24, 2.45) is 0 Å². The lowest BCUT2D eigenvalue weighted by atomic mass is 10.1. The number of carboxylic acid groups (broad SMARTS) is 1. The first-order valence-electron chi connectivity index (χ1n) is 5.81. The van der Waals surface area contributed by atoms with E-state index in [-0.39, 0.29) is 12.0 Å². The Labute approximate surface area is 107 Å². The Bertz CT molecular complexity index is 415. The van der Waals surface area contributed by atoms with Crippen LogP contribution in [-0.2, 0) is 4.79 Å². The number of aliphatic carboxylic acids is 1. The quantitative estimate of drug-likeness (QED) is 0.828. The van der Waals surface area contributed by atoms with Crippen LogP contribution in [0.4, 0.5) is 11.6 Å². The molecule has 0 radical (unpaired) electrons. The number of nitrogens with zero attached hydrogens (tertiary/aromatic N) is 3. The first-order chi connectivity index (χ1) is 8.28. The van der Waals surface area contributed by atoms with Gasteiger partial charge in [-0.25, -0.2) is 9.97 Å². The van der Waals surface area contributed by atoms with Crippen molar-refractivity contribution in [1.82, 2.24) is 9.97 Å². The summed E-state index contributed by atoms with van der Waals surface area (Å²) in [5.74, 6) is 0.622. The molecule has 6 nitrogen and oxygen atoms in total. The molecule has 1 heterocycles. The summed E-state index contributed by atoms with van der Waals surface area (Å²) in [6.45, 7) is 6.55. The van der Waals surface area contributed by atoms with Crippen molar-refractivity contribution in [3.05, 3.63) is 12.4 Å². The average molecular weight is 252 g/mol. The Morgan fingerprint density at radius 2 is 2.11 bits per heavy atom. The van der Waals surface area contributed by atoms with E-state index in [0.29, 0.717) is 12.4 Å². The third kappa shape index (κ3) is 4.99. The number of nitrogens with one attached hydrogen (secondary N) is 1. The molecule has 0 saturated carbocycles. The van der Waals surface area contributed by atoms with Crippen molar-refractivity contribution in [1.29, 1.82) is 0 Å². The summed E-state index contributed by atoms with van der Waals surface area (Å²) in [7, 11) is 1.81. The van der Waals surface area contributed by atoms with E-state index < -0.39 is 5.97 Å². The fourth-order valence-corrected chi connectivity index (χ4v) is 1.39. The maximum Gasteiger partial charge on any atom is 0.305 e. The molecule has 0 amide bonds. The van der Waals surface area contributed by atoms with Crippen LogP contribution in [0.5, 0.6) is 0 Å². The molecule has 1 aromatic rings. The van der Waals surface area contributed by atoms with Crippen molar-refractivity contribution < 1.29 is 9.90 Å². The molecule has 0 aliphatic carbocycles. The Morgan fingerprint density at radius 1 is 1.44 bits per heavy atom. The fraction of sp³-hybridized carbons (Fsp3) is 0.583. The highest BCUT2D eigenvalue weighted by Crippen LogP contribution is 2.16. The predicted molar refractivity (Wildman–Crippen MR) is 70.9 cm³/mol. The molecule has 1 aromatic heterocycles. The zero-order valence-electron chi connectivity index (χ0n) is 11.3. The van der Waals surface area contributed by atoms with E-state index in [1.54, 1.807) is 4.90 Å². The Hall–Kier alpha value is -1.85. The largest absolute Gasteiger partial charge is 0.481 e. The molecule has 0 aliphatic heterocycles. The number of hydrogen-bond donors (Lipinski definition) is 2. The fourth-order valence-electron chi connectivity index (χ4n) is 1.39. The van der Waals surface area contributed by atoms with Gasteiger partial charge < -0.3 is 15.3 Å². The van der Waals surface area contributed by atoms with E-state index in [2.05, 4.69) is 15.3 Å². The summed E-state index contributed by atoms with van der Waals surface area (Å²) in [5.41, 5.74) is -0.0781. The van der Waals surface area contributed by atoms with E-state index in [1.165, 1.54) is 6.33 Å². The van der Waals surface area contributed by atoms with Crippen LogP contribution >= 0.6 is 0 Å². The van der Waals surface area contributed by atoms with Gasteiger partial charge in [-0.05, 0) is 20.8 Å². The molecular weight excluding hydrogens is 232 g/mol. The zero-order chi connectivity index (χ0) is 13.8. The molecule has 100 valence electrons. The van der Waals surface area contributed by atoms with Gasteiger partial charge in [-0.1, -0.05) is 0 Å². The van der Waals surface area contributed by atoms with Crippen LogP contribution < -0.4 is 10.2 Å². The molecular formula is C12H20N4O2. The van der Waals surface area contributed by atoms with Crippen molar-refractivity contribution in [2.45, 2.75) is 32.7 Å². The van der Waals surface area contributed by atoms with E-state index in [4.69, 9.17) is 5.11 Å². The average Bonchev–Trinajstić information content (AvgIpc) is 2.23. The van der Waals surface area contributed by atoms with Crippen LogP contribution in [0.1, 0.15) is 27.2 Å². The van der Waals surface area contributed by atoms with E-state index in [1.807, 2.05) is 33.9 Å². The Balaban J connectivity index is 2.72. The van der Waals surface area contributed by atoms with Gasteiger partial charge >= 0.3 is 5.97 Å². The molecule has 0 aliphatic rings. The molecule has 6 heteroatoms. The van der Waals surface area contributed by atoms with Crippen molar-refractivity contribution in [3.63, 3.8) is 0 Å². The van der Waals surface area contributed by atoms with Crippen molar-refractivity contribution in [3.8, 4) is 0 Å². The molecule has 0 aromatic carbocycles. The van der Waals surface area contributed by atoms with Crippen LogP contribution in [-0.4, -0.2) is 40.2 Å². The first kappa shape index (κ1) is 14.2. The third-order valence-corrected chi connectivity index (χ3v) is 2.21. The summed E-state index contributed by atoms with van der Waals surface area (Å²) >= 11 is 0. The Kier molecular flexibility index (Phi) is 4.47. The van der Waals surface area contributed by atoms with Gasteiger partial charge in [0.1, 0.15) is 18.0 Å². The van der Waals surface area contributed by atoms with Crippen LogP contribution in [0.15, 0.2) is 12.4 Å². The van der Waals surface area contributed by atoms with Gasteiger partial charge in [0.05, 0.1) is 6.42 Å². The van der Waals surface area contributed by atoms with Gasteiger partial charge in [0.15, 0.2) is 0 Å². The van der Waals surface area contributed by atoms with Crippen LogP contribution in [0.2, 0.25) is 0 Å². The number of hydrogen-bond acceptors (Lipinski definition) is 5. The molecule has 0 atom stereocenters. The standard InChI is InChI=1S/C12H20N4O2/c1-12(2,3)15-9-7-10(14-8-13-9)16(4)6-5-11(17)18/h7-8H,5-6H2,1-4H3,(H,17,18)(H,13,14,15). The van der Waals surface area contributed by atoms with Crippen molar-refractivity contribution >= 4 is 17.6 Å². The number of aromatic nitrogens is 2. The molecule has 1 rings (SSSR count). The van der Waals surface area contributed by atoms with Gasteiger partial charge in [-0.2, -0.15) is 0 Å². The van der Waals surface area contributed by atoms with Gasteiger partial charge in [0, 0.05) is 25.2 Å². The summed E-state index contributed by atoms with van der Waals surface area (Å²) in [5, 5.41) is 11.9. The minimum atomic E-state index is -0.816. The molecule has 0 unspecified atom stereocenters. The lowest BCUT2D eigenvalue weighted by Crippen LogP contribution is -2.27. The highest BCUT2D eigenvalue weighted by molar-refractivity contribution is 5.67. The van der Waals surface area contributed by atoms with Crippen molar-refractivity contribution in [2.75, 3.05) is 23.8 Å². The van der Waals surface area contributed by atoms with E-state index in [9.17, 15) is 4.79 Å². The highest BCUT2D eigenvalue weighted by atomic mass is 16.4. The smallest absolute Gasteiger partial charge is 0.305 e. The highest BCUT2D eigenvalue weighted by Gasteiger charge is 2.12. The summed E-state index contributed by atoms with van der Waals surface area (Å²) < 4.78 is 0. The van der Waals surface area contributed by atoms with Crippen LogP contribution in [0.3, 0.4) is 0 Å². The molecule has 18 heavy (non-hydrogen) atoms. The second kappa shape index (κ2) is 5.66. The first-order valence-corrected chi connectivity index (χ1v) is 5.81. The maximum atomic E-state index is 10.5. The van der Waals surface area contributed by atoms with Gasteiger partial charge in [-0.15, -0.1) is 0 Å². The van der Waals surface area contributed by atoms with E-state index in [0.717, 1.165) is 5.82 Å². The Morgan fingerprint density at radius 3 is 2.67 bits per heavy atom. The SMILES string of the molecule is CN(CCC(=O)O)c1cc(NC(C)(C)C)ncn1. The monoisotopic (exact) mass is 252 g/mol. The maximum absolute atomic E-state index is 10.5. The summed E-state index contributed by atoms with van der Waals surface area (Å²) in [6, 6.07) is 1.81. The lowest BCUT2D eigenvalue weighted by molar-refractivity contribution is -0.136. The lowest BCUT2D eigenvalue weighted by Gasteiger charge is -2.23. The van der Waals surface area contributed by atoms with Crippen LogP contribution in [0, 0.1) is 0 Å².